The summed E-state index contributed by atoms with van der Waals surface area (Å²) in [4.78, 5) is 26.2. The van der Waals surface area contributed by atoms with Gasteiger partial charge in [0, 0.05) is 31.4 Å². The van der Waals surface area contributed by atoms with Crippen LogP contribution in [0.25, 0.3) is 0 Å². The number of amides is 2. The summed E-state index contributed by atoms with van der Waals surface area (Å²) in [6.45, 7) is 6.52. The van der Waals surface area contributed by atoms with Crippen molar-refractivity contribution >= 4 is 23.3 Å². The SMILES string of the molecule is CCCN1CCCc2cc(CCNC(=O)C(=O)Nc3cc(C)on3)ccc21. The van der Waals surface area contributed by atoms with Gasteiger partial charge in [0.15, 0.2) is 5.82 Å². The van der Waals surface area contributed by atoms with E-state index >= 15 is 0 Å². The molecule has 0 aliphatic carbocycles. The van der Waals surface area contributed by atoms with Gasteiger partial charge in [-0.25, -0.2) is 0 Å². The molecule has 144 valence electrons. The fraction of sp³-hybridized carbons (Fsp3) is 0.450. The first-order chi connectivity index (χ1) is 13.1. The molecular weight excluding hydrogens is 344 g/mol. The van der Waals surface area contributed by atoms with Gasteiger partial charge in [0.05, 0.1) is 0 Å². The third kappa shape index (κ3) is 4.87. The van der Waals surface area contributed by atoms with Crippen LogP contribution in [0.3, 0.4) is 0 Å². The molecule has 2 aromatic rings. The van der Waals surface area contributed by atoms with Gasteiger partial charge in [-0.15, -0.1) is 0 Å². The number of fused-ring (bicyclic) bond motifs is 1. The molecule has 2 N–H and O–H groups in total. The quantitative estimate of drug-likeness (QED) is 0.763. The number of anilines is 2. The van der Waals surface area contributed by atoms with Gasteiger partial charge in [-0.3, -0.25) is 14.9 Å². The lowest BCUT2D eigenvalue weighted by atomic mass is 9.98. The standard InChI is InChI=1S/C20H26N4O3/c1-3-10-24-11-4-5-16-13-15(6-7-17(16)24)8-9-21-19(25)20(26)22-18-12-14(2)27-23-18/h6-7,12-13H,3-5,8-11H2,1-2H3,(H,21,25)(H,22,23,26). The summed E-state index contributed by atoms with van der Waals surface area (Å²) in [6, 6.07) is 8.07. The Morgan fingerprint density at radius 2 is 2.11 bits per heavy atom. The molecule has 7 heteroatoms. The van der Waals surface area contributed by atoms with Crippen LogP contribution >= 0.6 is 0 Å². The number of hydrogen-bond acceptors (Lipinski definition) is 5. The van der Waals surface area contributed by atoms with Crippen LogP contribution in [0.4, 0.5) is 11.5 Å². The molecule has 0 saturated heterocycles. The Morgan fingerprint density at radius 3 is 2.85 bits per heavy atom. The third-order valence-corrected chi connectivity index (χ3v) is 4.63. The van der Waals surface area contributed by atoms with E-state index in [-0.39, 0.29) is 5.82 Å². The topological polar surface area (TPSA) is 87.5 Å². The number of benzene rings is 1. The molecule has 1 aliphatic rings. The molecule has 2 heterocycles. The van der Waals surface area contributed by atoms with Crippen molar-refractivity contribution in [3.05, 3.63) is 41.2 Å². The Labute approximate surface area is 159 Å². The Kier molecular flexibility index (Phi) is 6.11. The lowest BCUT2D eigenvalue weighted by Gasteiger charge is -2.31. The van der Waals surface area contributed by atoms with Crippen LogP contribution in [0.15, 0.2) is 28.8 Å². The van der Waals surface area contributed by atoms with Crippen molar-refractivity contribution in [2.24, 2.45) is 0 Å². The first-order valence-electron chi connectivity index (χ1n) is 9.46. The largest absolute Gasteiger partial charge is 0.371 e. The average Bonchev–Trinajstić information content (AvgIpc) is 3.06. The summed E-state index contributed by atoms with van der Waals surface area (Å²) in [5, 5.41) is 8.69. The number of rotatable bonds is 6. The van der Waals surface area contributed by atoms with E-state index in [9.17, 15) is 9.59 Å². The minimum Gasteiger partial charge on any atom is -0.371 e. The van der Waals surface area contributed by atoms with Gasteiger partial charge in [0.1, 0.15) is 5.76 Å². The van der Waals surface area contributed by atoms with Gasteiger partial charge in [-0.2, -0.15) is 0 Å². The minimum absolute atomic E-state index is 0.235. The third-order valence-electron chi connectivity index (χ3n) is 4.63. The first-order valence-corrected chi connectivity index (χ1v) is 9.46. The van der Waals surface area contributed by atoms with E-state index in [1.807, 2.05) is 0 Å². The predicted molar refractivity (Wildman–Crippen MR) is 104 cm³/mol. The molecule has 0 saturated carbocycles. The molecular formula is C20H26N4O3. The molecule has 0 fully saturated rings. The van der Waals surface area contributed by atoms with Crippen molar-refractivity contribution in [3.63, 3.8) is 0 Å². The van der Waals surface area contributed by atoms with Crippen LogP contribution in [0.1, 0.15) is 36.7 Å². The maximum Gasteiger partial charge on any atom is 0.314 e. The van der Waals surface area contributed by atoms with E-state index in [0.717, 1.165) is 25.9 Å². The molecule has 0 atom stereocenters. The van der Waals surface area contributed by atoms with Crippen LogP contribution in [0.2, 0.25) is 0 Å². The molecule has 1 aromatic carbocycles. The van der Waals surface area contributed by atoms with E-state index < -0.39 is 11.8 Å². The normalized spacial score (nSPS) is 13.2. The zero-order chi connectivity index (χ0) is 19.2. The molecule has 27 heavy (non-hydrogen) atoms. The number of aromatic nitrogens is 1. The number of nitrogens with zero attached hydrogens (tertiary/aromatic N) is 2. The van der Waals surface area contributed by atoms with E-state index in [2.05, 4.69) is 45.8 Å². The average molecular weight is 370 g/mol. The van der Waals surface area contributed by atoms with Crippen molar-refractivity contribution < 1.29 is 14.1 Å². The minimum atomic E-state index is -0.746. The lowest BCUT2D eigenvalue weighted by molar-refractivity contribution is -0.136. The smallest absolute Gasteiger partial charge is 0.314 e. The van der Waals surface area contributed by atoms with E-state index in [0.29, 0.717) is 18.7 Å². The maximum atomic E-state index is 11.9. The summed E-state index contributed by atoms with van der Waals surface area (Å²) in [7, 11) is 0. The fourth-order valence-corrected chi connectivity index (χ4v) is 3.39. The molecule has 0 spiro atoms. The van der Waals surface area contributed by atoms with Gasteiger partial charge in [0.25, 0.3) is 0 Å². The van der Waals surface area contributed by atoms with Gasteiger partial charge < -0.3 is 14.7 Å². The number of nitrogens with one attached hydrogen (secondary N) is 2. The van der Waals surface area contributed by atoms with E-state index in [1.165, 1.54) is 23.2 Å². The van der Waals surface area contributed by atoms with Crippen LogP contribution < -0.4 is 15.5 Å². The van der Waals surface area contributed by atoms with Crippen molar-refractivity contribution in [2.75, 3.05) is 29.9 Å². The summed E-state index contributed by atoms with van der Waals surface area (Å²) in [5.74, 6) is -0.624. The highest BCUT2D eigenvalue weighted by Crippen LogP contribution is 2.28. The van der Waals surface area contributed by atoms with Gasteiger partial charge in [0.2, 0.25) is 0 Å². The van der Waals surface area contributed by atoms with Crippen LogP contribution in [0, 0.1) is 6.92 Å². The van der Waals surface area contributed by atoms with Gasteiger partial charge in [-0.1, -0.05) is 24.2 Å². The Hall–Kier alpha value is -2.83. The van der Waals surface area contributed by atoms with Gasteiger partial charge >= 0.3 is 11.8 Å². The second-order valence-electron chi connectivity index (χ2n) is 6.84. The highest BCUT2D eigenvalue weighted by Gasteiger charge is 2.17. The Balaban J connectivity index is 1.50. The van der Waals surface area contributed by atoms with Crippen molar-refractivity contribution in [1.82, 2.24) is 10.5 Å². The monoisotopic (exact) mass is 370 g/mol. The first kappa shape index (κ1) is 18.9. The maximum absolute atomic E-state index is 11.9. The second-order valence-corrected chi connectivity index (χ2v) is 6.84. The number of carbonyl (C=O) groups is 2. The van der Waals surface area contributed by atoms with Gasteiger partial charge in [-0.05, 0) is 49.8 Å². The zero-order valence-corrected chi connectivity index (χ0v) is 15.9. The highest BCUT2D eigenvalue weighted by molar-refractivity contribution is 6.39. The molecule has 0 unspecified atom stereocenters. The molecule has 0 radical (unpaired) electrons. The zero-order valence-electron chi connectivity index (χ0n) is 15.9. The molecule has 1 aliphatic heterocycles. The second kappa shape index (κ2) is 8.70. The Morgan fingerprint density at radius 1 is 1.26 bits per heavy atom. The fourth-order valence-electron chi connectivity index (χ4n) is 3.39. The Bertz CT molecular complexity index is 815. The number of aryl methyl sites for hydroxylation is 2. The van der Waals surface area contributed by atoms with Crippen LogP contribution in [-0.2, 0) is 22.4 Å². The molecule has 3 rings (SSSR count). The summed E-state index contributed by atoms with van der Waals surface area (Å²) in [5.41, 5.74) is 3.87. The van der Waals surface area contributed by atoms with Crippen molar-refractivity contribution in [3.8, 4) is 0 Å². The molecule has 0 bridgehead atoms. The predicted octanol–water partition coefficient (Wildman–Crippen LogP) is 2.44. The van der Waals surface area contributed by atoms with E-state index in [1.54, 1.807) is 13.0 Å². The molecule has 7 nitrogen and oxygen atoms in total. The molecule has 2 amide bonds. The summed E-state index contributed by atoms with van der Waals surface area (Å²) < 4.78 is 4.85. The highest BCUT2D eigenvalue weighted by atomic mass is 16.5. The van der Waals surface area contributed by atoms with Crippen LogP contribution in [-0.4, -0.2) is 36.6 Å². The van der Waals surface area contributed by atoms with Crippen molar-refractivity contribution in [1.29, 1.82) is 0 Å². The van der Waals surface area contributed by atoms with Crippen LogP contribution in [0.5, 0.6) is 0 Å². The van der Waals surface area contributed by atoms with Crippen molar-refractivity contribution in [2.45, 2.75) is 39.5 Å². The lowest BCUT2D eigenvalue weighted by Crippen LogP contribution is -2.36. The number of hydrogen-bond donors (Lipinski definition) is 2. The summed E-state index contributed by atoms with van der Waals surface area (Å²) >= 11 is 0. The van der Waals surface area contributed by atoms with E-state index in [4.69, 9.17) is 4.52 Å². The summed E-state index contributed by atoms with van der Waals surface area (Å²) in [6.07, 6.45) is 4.09. The number of carbonyl (C=O) groups excluding carboxylic acids is 2. The molecule has 1 aromatic heterocycles.